The van der Waals surface area contributed by atoms with Gasteiger partial charge in [-0.25, -0.2) is 8.42 Å². The van der Waals surface area contributed by atoms with Crippen molar-refractivity contribution >= 4 is 15.7 Å². The van der Waals surface area contributed by atoms with Crippen molar-refractivity contribution < 1.29 is 8.42 Å². The molecule has 0 saturated carbocycles. The third-order valence-corrected chi connectivity index (χ3v) is 2.70. The van der Waals surface area contributed by atoms with Crippen LogP contribution in [0.15, 0.2) is 24.3 Å². The van der Waals surface area contributed by atoms with Gasteiger partial charge in [0, 0.05) is 0 Å². The molecule has 0 radical (unpaired) electrons. The fraction of sp³-hybridized carbons (Fsp3) is 0.455. The van der Waals surface area contributed by atoms with Gasteiger partial charge in [0.25, 0.3) is 0 Å². The molecule has 15 heavy (non-hydrogen) atoms. The predicted molar refractivity (Wildman–Crippen MR) is 63.5 cm³/mol. The highest BCUT2D eigenvalue weighted by atomic mass is 32.2. The molecule has 0 bridgehead atoms. The van der Waals surface area contributed by atoms with Crippen LogP contribution in [0.3, 0.4) is 0 Å². The maximum Gasteiger partial charge on any atom is 0.229 e. The van der Waals surface area contributed by atoms with Crippen molar-refractivity contribution in [1.29, 1.82) is 0 Å². The van der Waals surface area contributed by atoms with E-state index in [0.29, 0.717) is 5.69 Å². The molecule has 0 aliphatic carbocycles. The summed E-state index contributed by atoms with van der Waals surface area (Å²) in [4.78, 5) is 0. The molecule has 0 amide bonds. The van der Waals surface area contributed by atoms with Gasteiger partial charge in [0.1, 0.15) is 0 Å². The molecular weight excluding hydrogens is 210 g/mol. The standard InChI is InChI=1S/C11H17NO2S/c1-3-4-7-10-8-5-6-9-11(10)12-15(2,13)14/h5-6,8-9,12H,3-4,7H2,1-2H3. The topological polar surface area (TPSA) is 46.2 Å². The molecule has 1 rings (SSSR count). The van der Waals surface area contributed by atoms with Crippen molar-refractivity contribution in [2.45, 2.75) is 26.2 Å². The fourth-order valence-corrected chi connectivity index (χ4v) is 2.00. The number of benzene rings is 1. The Bertz CT molecular complexity index is 412. The van der Waals surface area contributed by atoms with Gasteiger partial charge in [-0.3, -0.25) is 4.72 Å². The summed E-state index contributed by atoms with van der Waals surface area (Å²) in [6, 6.07) is 7.52. The van der Waals surface area contributed by atoms with Crippen molar-refractivity contribution in [2.24, 2.45) is 0 Å². The number of aryl methyl sites for hydroxylation is 1. The SMILES string of the molecule is CCCCc1ccccc1NS(C)(=O)=O. The number of rotatable bonds is 5. The molecule has 0 unspecified atom stereocenters. The minimum Gasteiger partial charge on any atom is -0.284 e. The van der Waals surface area contributed by atoms with Crippen LogP contribution in [-0.4, -0.2) is 14.7 Å². The van der Waals surface area contributed by atoms with Crippen LogP contribution in [0, 0.1) is 0 Å². The Labute approximate surface area is 91.6 Å². The Hall–Kier alpha value is -1.03. The lowest BCUT2D eigenvalue weighted by atomic mass is 10.1. The van der Waals surface area contributed by atoms with Gasteiger partial charge in [0.05, 0.1) is 11.9 Å². The van der Waals surface area contributed by atoms with Gasteiger partial charge in [-0.15, -0.1) is 0 Å². The smallest absolute Gasteiger partial charge is 0.229 e. The first kappa shape index (κ1) is 12.0. The molecule has 0 atom stereocenters. The summed E-state index contributed by atoms with van der Waals surface area (Å²) in [6.45, 7) is 2.12. The molecule has 1 aromatic rings. The summed E-state index contributed by atoms with van der Waals surface area (Å²) in [6.07, 6.45) is 4.26. The molecule has 4 heteroatoms. The number of nitrogens with one attached hydrogen (secondary N) is 1. The van der Waals surface area contributed by atoms with Crippen molar-refractivity contribution in [1.82, 2.24) is 0 Å². The predicted octanol–water partition coefficient (Wildman–Crippen LogP) is 2.40. The molecule has 0 heterocycles. The molecule has 1 N–H and O–H groups in total. The van der Waals surface area contributed by atoms with E-state index in [4.69, 9.17) is 0 Å². The second-order valence-electron chi connectivity index (χ2n) is 3.63. The average molecular weight is 227 g/mol. The van der Waals surface area contributed by atoms with Gasteiger partial charge in [0.2, 0.25) is 10.0 Å². The maximum atomic E-state index is 11.1. The third-order valence-electron chi connectivity index (χ3n) is 2.11. The van der Waals surface area contributed by atoms with E-state index in [1.807, 2.05) is 18.2 Å². The number of sulfonamides is 1. The lowest BCUT2D eigenvalue weighted by Crippen LogP contribution is -2.11. The number of unbranched alkanes of at least 4 members (excludes halogenated alkanes) is 1. The van der Waals surface area contributed by atoms with Gasteiger partial charge < -0.3 is 0 Å². The minimum absolute atomic E-state index is 0.702. The molecule has 3 nitrogen and oxygen atoms in total. The van der Waals surface area contributed by atoms with E-state index in [0.717, 1.165) is 24.8 Å². The maximum absolute atomic E-state index is 11.1. The van der Waals surface area contributed by atoms with Gasteiger partial charge >= 0.3 is 0 Å². The van der Waals surface area contributed by atoms with E-state index in [2.05, 4.69) is 11.6 Å². The number of hydrogen-bond donors (Lipinski definition) is 1. The molecule has 0 aliphatic heterocycles. The van der Waals surface area contributed by atoms with Crippen molar-refractivity contribution in [2.75, 3.05) is 11.0 Å². The third kappa shape index (κ3) is 4.34. The molecule has 84 valence electrons. The van der Waals surface area contributed by atoms with Crippen LogP contribution in [0.5, 0.6) is 0 Å². The van der Waals surface area contributed by atoms with Gasteiger partial charge in [0.15, 0.2) is 0 Å². The Kier molecular flexibility index (Phi) is 4.15. The molecular formula is C11H17NO2S. The van der Waals surface area contributed by atoms with E-state index >= 15 is 0 Å². The van der Waals surface area contributed by atoms with E-state index in [-0.39, 0.29) is 0 Å². The minimum atomic E-state index is -3.17. The van der Waals surface area contributed by atoms with E-state index in [1.165, 1.54) is 6.26 Å². The zero-order valence-corrected chi connectivity index (χ0v) is 9.97. The quantitative estimate of drug-likeness (QED) is 0.839. The molecule has 1 aromatic carbocycles. The van der Waals surface area contributed by atoms with Crippen molar-refractivity contribution in [3.63, 3.8) is 0 Å². The summed E-state index contributed by atoms with van der Waals surface area (Å²) < 4.78 is 24.8. The molecule has 0 fully saturated rings. The summed E-state index contributed by atoms with van der Waals surface area (Å²) >= 11 is 0. The lowest BCUT2D eigenvalue weighted by molar-refractivity contribution is 0.606. The van der Waals surface area contributed by atoms with E-state index < -0.39 is 10.0 Å². The average Bonchev–Trinajstić information content (AvgIpc) is 2.14. The molecule has 0 aliphatic rings. The summed E-state index contributed by atoms with van der Waals surface area (Å²) in [5.74, 6) is 0. The Morgan fingerprint density at radius 2 is 1.93 bits per heavy atom. The monoisotopic (exact) mass is 227 g/mol. The fourth-order valence-electron chi connectivity index (χ4n) is 1.40. The highest BCUT2D eigenvalue weighted by molar-refractivity contribution is 7.92. The van der Waals surface area contributed by atoms with Gasteiger partial charge in [-0.05, 0) is 24.5 Å². The Morgan fingerprint density at radius 3 is 2.53 bits per heavy atom. The highest BCUT2D eigenvalue weighted by Crippen LogP contribution is 2.18. The van der Waals surface area contributed by atoms with E-state index in [9.17, 15) is 8.42 Å². The molecule has 0 saturated heterocycles. The first-order chi connectivity index (χ1) is 7.03. The van der Waals surface area contributed by atoms with Crippen LogP contribution in [0.2, 0.25) is 0 Å². The second kappa shape index (κ2) is 5.16. The van der Waals surface area contributed by atoms with Crippen molar-refractivity contribution in [3.8, 4) is 0 Å². The van der Waals surface area contributed by atoms with Crippen LogP contribution in [0.4, 0.5) is 5.69 Å². The highest BCUT2D eigenvalue weighted by Gasteiger charge is 2.05. The van der Waals surface area contributed by atoms with Gasteiger partial charge in [-0.1, -0.05) is 31.5 Å². The normalized spacial score (nSPS) is 11.3. The second-order valence-corrected chi connectivity index (χ2v) is 5.38. The number of hydrogen-bond acceptors (Lipinski definition) is 2. The zero-order chi connectivity index (χ0) is 11.3. The number of para-hydroxylation sites is 1. The van der Waals surface area contributed by atoms with Crippen LogP contribution in [0.25, 0.3) is 0 Å². The largest absolute Gasteiger partial charge is 0.284 e. The Balaban J connectivity index is 2.86. The first-order valence-corrected chi connectivity index (χ1v) is 6.98. The molecule has 0 spiro atoms. The Morgan fingerprint density at radius 1 is 1.27 bits per heavy atom. The van der Waals surface area contributed by atoms with Crippen molar-refractivity contribution in [3.05, 3.63) is 29.8 Å². The van der Waals surface area contributed by atoms with Crippen LogP contribution < -0.4 is 4.72 Å². The van der Waals surface area contributed by atoms with Crippen LogP contribution in [0.1, 0.15) is 25.3 Å². The van der Waals surface area contributed by atoms with E-state index in [1.54, 1.807) is 6.07 Å². The van der Waals surface area contributed by atoms with Gasteiger partial charge in [-0.2, -0.15) is 0 Å². The first-order valence-electron chi connectivity index (χ1n) is 5.08. The summed E-state index contributed by atoms with van der Waals surface area (Å²) in [5, 5.41) is 0. The summed E-state index contributed by atoms with van der Waals surface area (Å²) in [5.41, 5.74) is 1.76. The zero-order valence-electron chi connectivity index (χ0n) is 9.16. The number of anilines is 1. The molecule has 0 aromatic heterocycles. The van der Waals surface area contributed by atoms with Crippen LogP contribution in [-0.2, 0) is 16.4 Å². The van der Waals surface area contributed by atoms with Crippen LogP contribution >= 0.6 is 0 Å². The lowest BCUT2D eigenvalue weighted by Gasteiger charge is -2.09. The summed E-state index contributed by atoms with van der Waals surface area (Å²) in [7, 11) is -3.17.